The van der Waals surface area contributed by atoms with Crippen LogP contribution in [0.4, 0.5) is 19.0 Å². The first-order chi connectivity index (χ1) is 17.0. The van der Waals surface area contributed by atoms with Gasteiger partial charge >= 0.3 is 12.1 Å². The molecule has 36 heavy (non-hydrogen) atoms. The molecule has 3 aromatic rings. The van der Waals surface area contributed by atoms with Crippen LogP contribution in [0.3, 0.4) is 0 Å². The molecule has 1 fully saturated rings. The summed E-state index contributed by atoms with van der Waals surface area (Å²) in [5, 5.41) is 9.35. The lowest BCUT2D eigenvalue weighted by Crippen LogP contribution is -2.58. The zero-order chi connectivity index (χ0) is 26.2. The minimum absolute atomic E-state index is 0.0431. The van der Waals surface area contributed by atoms with Crippen molar-refractivity contribution < 1.29 is 17.9 Å². The maximum atomic E-state index is 12.6. The molecule has 0 N–H and O–H groups in total. The van der Waals surface area contributed by atoms with E-state index in [1.807, 2.05) is 19.9 Å². The molecular weight excluding hydrogens is 473 g/mol. The zero-order valence-electron chi connectivity index (χ0n) is 20.5. The Morgan fingerprint density at radius 1 is 1.17 bits per heavy atom. The molecule has 1 aliphatic rings. The summed E-state index contributed by atoms with van der Waals surface area (Å²) >= 11 is 0. The molecule has 1 aliphatic heterocycles. The van der Waals surface area contributed by atoms with E-state index in [-0.39, 0.29) is 29.6 Å². The molecular formula is C25H27F3N6O2. The molecule has 0 bridgehead atoms. The lowest BCUT2D eigenvalue weighted by Gasteiger charge is -2.48. The van der Waals surface area contributed by atoms with Gasteiger partial charge < -0.3 is 9.64 Å². The van der Waals surface area contributed by atoms with Crippen LogP contribution >= 0.6 is 0 Å². The summed E-state index contributed by atoms with van der Waals surface area (Å²) in [6.07, 6.45) is -3.92. The third kappa shape index (κ3) is 4.99. The summed E-state index contributed by atoms with van der Waals surface area (Å²) in [6.45, 7) is 7.34. The summed E-state index contributed by atoms with van der Waals surface area (Å²) in [5.41, 5.74) is 1.82. The number of hydrogen-bond acceptors (Lipinski definition) is 7. The van der Waals surface area contributed by atoms with Crippen LogP contribution in [0.15, 0.2) is 41.2 Å². The standard InChI is InChI=1S/C25H27F3N6O2/c1-5-19-14-33(23-22-21(32(4)24(35)31-23)11-8-18(12-29)30-22)15(2)13-34(19)16(3)17-6-9-20(10-7-17)36-25(26,27)28/h6-11,15-16,19H,5,13-14H2,1-4H3/t15-,16-,19+/m0/s1. The molecule has 190 valence electrons. The van der Waals surface area contributed by atoms with E-state index >= 15 is 0 Å². The second-order valence-electron chi connectivity index (χ2n) is 9.01. The number of ether oxygens (including phenoxy) is 1. The van der Waals surface area contributed by atoms with E-state index in [9.17, 15) is 23.2 Å². The van der Waals surface area contributed by atoms with E-state index in [2.05, 4.69) is 31.4 Å². The van der Waals surface area contributed by atoms with Crippen molar-refractivity contribution in [1.82, 2.24) is 19.4 Å². The van der Waals surface area contributed by atoms with Gasteiger partial charge in [-0.05, 0) is 50.1 Å². The fourth-order valence-electron chi connectivity index (χ4n) is 4.81. The first kappa shape index (κ1) is 25.4. The van der Waals surface area contributed by atoms with Crippen molar-refractivity contribution >= 4 is 16.9 Å². The molecule has 0 unspecified atom stereocenters. The van der Waals surface area contributed by atoms with E-state index in [0.717, 1.165) is 12.0 Å². The topological polar surface area (TPSA) is 87.3 Å². The molecule has 3 atom stereocenters. The fourth-order valence-corrected chi connectivity index (χ4v) is 4.81. The second-order valence-corrected chi connectivity index (χ2v) is 9.01. The number of nitrogens with zero attached hydrogens (tertiary/aromatic N) is 6. The normalized spacial score (nSPS) is 19.8. The fraction of sp³-hybridized carbons (Fsp3) is 0.440. The highest BCUT2D eigenvalue weighted by Gasteiger charge is 2.36. The number of hydrogen-bond donors (Lipinski definition) is 0. The van der Waals surface area contributed by atoms with Gasteiger partial charge in [-0.2, -0.15) is 10.2 Å². The van der Waals surface area contributed by atoms with E-state index in [1.165, 1.54) is 16.7 Å². The Kier molecular flexibility index (Phi) is 6.91. The Morgan fingerprint density at radius 3 is 2.47 bits per heavy atom. The summed E-state index contributed by atoms with van der Waals surface area (Å²) in [5.74, 6) is 0.202. The van der Waals surface area contributed by atoms with Gasteiger partial charge in [0.2, 0.25) is 0 Å². The highest BCUT2D eigenvalue weighted by molar-refractivity contribution is 5.86. The zero-order valence-corrected chi connectivity index (χ0v) is 20.5. The highest BCUT2D eigenvalue weighted by Crippen LogP contribution is 2.33. The van der Waals surface area contributed by atoms with Crippen LogP contribution in [0, 0.1) is 11.3 Å². The molecule has 0 saturated carbocycles. The average Bonchev–Trinajstić information content (AvgIpc) is 2.85. The predicted molar refractivity (Wildman–Crippen MR) is 129 cm³/mol. The summed E-state index contributed by atoms with van der Waals surface area (Å²) in [7, 11) is 1.62. The van der Waals surface area contributed by atoms with E-state index in [0.29, 0.717) is 29.9 Å². The van der Waals surface area contributed by atoms with Crippen LogP contribution in [0.1, 0.15) is 44.5 Å². The first-order valence-electron chi connectivity index (χ1n) is 11.7. The Bertz CT molecular complexity index is 1350. The Balaban J connectivity index is 1.63. The van der Waals surface area contributed by atoms with E-state index in [4.69, 9.17) is 0 Å². The van der Waals surface area contributed by atoms with Crippen molar-refractivity contribution in [2.45, 2.75) is 51.7 Å². The van der Waals surface area contributed by atoms with Crippen LogP contribution in [0.5, 0.6) is 5.75 Å². The number of aryl methyl sites for hydroxylation is 1. The molecule has 11 heteroatoms. The first-order valence-corrected chi connectivity index (χ1v) is 11.7. The Morgan fingerprint density at radius 2 is 1.86 bits per heavy atom. The van der Waals surface area contributed by atoms with Crippen LogP contribution < -0.4 is 15.3 Å². The molecule has 1 aromatic carbocycles. The van der Waals surface area contributed by atoms with Gasteiger partial charge in [-0.3, -0.25) is 9.47 Å². The van der Waals surface area contributed by atoms with Gasteiger partial charge in [-0.1, -0.05) is 19.1 Å². The van der Waals surface area contributed by atoms with Gasteiger partial charge in [0.15, 0.2) is 5.82 Å². The van der Waals surface area contributed by atoms with Crippen LogP contribution in [-0.2, 0) is 7.05 Å². The van der Waals surface area contributed by atoms with Crippen molar-refractivity contribution in [2.24, 2.45) is 7.05 Å². The monoisotopic (exact) mass is 500 g/mol. The molecule has 4 rings (SSSR count). The van der Waals surface area contributed by atoms with Crippen molar-refractivity contribution in [3.63, 3.8) is 0 Å². The predicted octanol–water partition coefficient (Wildman–Crippen LogP) is 4.15. The number of benzene rings is 1. The molecule has 1 saturated heterocycles. The number of fused-ring (bicyclic) bond motifs is 1. The average molecular weight is 501 g/mol. The number of aromatic nitrogens is 3. The van der Waals surface area contributed by atoms with Crippen LogP contribution in [0.2, 0.25) is 0 Å². The van der Waals surface area contributed by atoms with Gasteiger partial charge in [0.1, 0.15) is 23.0 Å². The Hall–Kier alpha value is -3.65. The Labute approximate surface area is 206 Å². The molecule has 2 aromatic heterocycles. The second kappa shape index (κ2) is 9.78. The largest absolute Gasteiger partial charge is 0.573 e. The molecule has 8 nitrogen and oxygen atoms in total. The van der Waals surface area contributed by atoms with Gasteiger partial charge in [0, 0.05) is 38.3 Å². The van der Waals surface area contributed by atoms with Gasteiger partial charge in [0.05, 0.1) is 5.52 Å². The third-order valence-corrected chi connectivity index (χ3v) is 6.77. The highest BCUT2D eigenvalue weighted by atomic mass is 19.4. The van der Waals surface area contributed by atoms with Crippen molar-refractivity contribution in [2.75, 3.05) is 18.0 Å². The number of halogens is 3. The molecule has 0 spiro atoms. The third-order valence-electron chi connectivity index (χ3n) is 6.77. The maximum absolute atomic E-state index is 12.6. The lowest BCUT2D eigenvalue weighted by molar-refractivity contribution is -0.274. The number of nitriles is 1. The summed E-state index contributed by atoms with van der Waals surface area (Å²) in [6, 6.07) is 11.3. The van der Waals surface area contributed by atoms with E-state index in [1.54, 1.807) is 31.3 Å². The van der Waals surface area contributed by atoms with Crippen molar-refractivity contribution in [3.05, 3.63) is 58.1 Å². The van der Waals surface area contributed by atoms with Gasteiger partial charge in [-0.15, -0.1) is 13.2 Å². The van der Waals surface area contributed by atoms with Crippen LogP contribution in [0.25, 0.3) is 11.0 Å². The minimum Gasteiger partial charge on any atom is -0.406 e. The van der Waals surface area contributed by atoms with E-state index < -0.39 is 12.1 Å². The number of anilines is 1. The number of rotatable bonds is 5. The lowest BCUT2D eigenvalue weighted by atomic mass is 9.98. The summed E-state index contributed by atoms with van der Waals surface area (Å²) in [4.78, 5) is 25.8. The van der Waals surface area contributed by atoms with Gasteiger partial charge in [-0.25, -0.2) is 9.78 Å². The smallest absolute Gasteiger partial charge is 0.406 e. The molecule has 3 heterocycles. The molecule has 0 amide bonds. The summed E-state index contributed by atoms with van der Waals surface area (Å²) < 4.78 is 43.0. The van der Waals surface area contributed by atoms with Crippen LogP contribution in [-0.4, -0.2) is 51.0 Å². The molecule has 0 radical (unpaired) electrons. The quantitative estimate of drug-likeness (QED) is 0.520. The number of alkyl halides is 3. The SMILES string of the molecule is CC[C@@H]1CN(c2nc(=O)n(C)c3ccc(C#N)nc23)[C@@H](C)CN1[C@@H](C)c1ccc(OC(F)(F)F)cc1. The van der Waals surface area contributed by atoms with Crippen molar-refractivity contribution in [1.29, 1.82) is 5.26 Å². The molecule has 0 aliphatic carbocycles. The maximum Gasteiger partial charge on any atom is 0.573 e. The number of pyridine rings is 1. The van der Waals surface area contributed by atoms with Gasteiger partial charge in [0.25, 0.3) is 0 Å². The van der Waals surface area contributed by atoms with Crippen molar-refractivity contribution in [3.8, 4) is 11.8 Å². The number of piperazine rings is 1. The minimum atomic E-state index is -4.73.